The molecule has 112 valence electrons. The lowest BCUT2D eigenvalue weighted by atomic mass is 10.2. The van der Waals surface area contributed by atoms with E-state index < -0.39 is 0 Å². The first-order valence-electron chi connectivity index (χ1n) is 7.15. The van der Waals surface area contributed by atoms with Gasteiger partial charge in [0, 0.05) is 21.4 Å². The molecule has 0 radical (unpaired) electrons. The largest absolute Gasteiger partial charge is 0.335 e. The summed E-state index contributed by atoms with van der Waals surface area (Å²) < 4.78 is 3.05. The minimum atomic E-state index is -0.0186. The quantitative estimate of drug-likeness (QED) is 0.727. The molecule has 1 amide bonds. The number of nitrogens with one attached hydrogen (secondary N) is 1. The summed E-state index contributed by atoms with van der Waals surface area (Å²) in [5.41, 5.74) is 4.06. The van der Waals surface area contributed by atoms with Gasteiger partial charge in [0.1, 0.15) is 6.54 Å². The molecule has 2 aromatic carbocycles. The first kappa shape index (κ1) is 14.9. The van der Waals surface area contributed by atoms with Crippen molar-refractivity contribution in [2.75, 3.05) is 5.32 Å². The van der Waals surface area contributed by atoms with Crippen LogP contribution in [-0.4, -0.2) is 10.5 Å². The lowest BCUT2D eigenvalue weighted by molar-refractivity contribution is -0.116. The summed E-state index contributed by atoms with van der Waals surface area (Å²) in [5, 5.41) is 4.15. The summed E-state index contributed by atoms with van der Waals surface area (Å²) in [7, 11) is 0. The van der Waals surface area contributed by atoms with Crippen molar-refractivity contribution in [1.29, 1.82) is 0 Å². The molecule has 0 spiro atoms. The fourth-order valence-corrected chi connectivity index (χ4v) is 3.13. The fourth-order valence-electron chi connectivity index (χ4n) is 2.66. The Kier molecular flexibility index (Phi) is 4.03. The van der Waals surface area contributed by atoms with E-state index in [-0.39, 0.29) is 5.91 Å². The van der Waals surface area contributed by atoms with E-state index in [0.717, 1.165) is 32.3 Å². The van der Waals surface area contributed by atoms with Crippen molar-refractivity contribution in [2.24, 2.45) is 0 Å². The van der Waals surface area contributed by atoms with E-state index in [0.29, 0.717) is 6.54 Å². The molecular weight excluding hydrogens is 340 g/mol. The molecule has 0 saturated heterocycles. The Hall–Kier alpha value is -2.07. The molecule has 0 fully saturated rings. The lowest BCUT2D eigenvalue weighted by Gasteiger charge is -2.11. The molecule has 4 heteroatoms. The Morgan fingerprint density at radius 3 is 2.68 bits per heavy atom. The van der Waals surface area contributed by atoms with Crippen molar-refractivity contribution >= 4 is 38.4 Å². The highest BCUT2D eigenvalue weighted by Gasteiger charge is 2.10. The van der Waals surface area contributed by atoms with E-state index in [1.165, 1.54) is 0 Å². The smallest absolute Gasteiger partial charge is 0.244 e. The number of benzene rings is 2. The van der Waals surface area contributed by atoms with E-state index in [1.807, 2.05) is 54.8 Å². The van der Waals surface area contributed by atoms with Gasteiger partial charge in [0.2, 0.25) is 5.91 Å². The number of fused-ring (bicyclic) bond motifs is 1. The van der Waals surface area contributed by atoms with Gasteiger partial charge in [-0.25, -0.2) is 0 Å². The van der Waals surface area contributed by atoms with E-state index in [2.05, 4.69) is 33.4 Å². The van der Waals surface area contributed by atoms with Crippen LogP contribution in [0, 0.1) is 13.8 Å². The molecule has 1 N–H and O–H groups in total. The molecular formula is C18H17BrN2O. The maximum atomic E-state index is 12.4. The lowest BCUT2D eigenvalue weighted by Crippen LogP contribution is -2.19. The Morgan fingerprint density at radius 1 is 1.14 bits per heavy atom. The van der Waals surface area contributed by atoms with Crippen LogP contribution in [0.4, 0.5) is 5.69 Å². The van der Waals surface area contributed by atoms with E-state index >= 15 is 0 Å². The topological polar surface area (TPSA) is 34.0 Å². The van der Waals surface area contributed by atoms with E-state index in [9.17, 15) is 4.79 Å². The fraction of sp³-hybridized carbons (Fsp3) is 0.167. The number of amides is 1. The van der Waals surface area contributed by atoms with Crippen LogP contribution in [0.25, 0.3) is 10.9 Å². The highest BCUT2D eigenvalue weighted by Crippen LogP contribution is 2.21. The Bertz CT molecular complexity index is 851. The van der Waals surface area contributed by atoms with Gasteiger partial charge in [-0.1, -0.05) is 34.1 Å². The third-order valence-corrected chi connectivity index (χ3v) is 4.28. The monoisotopic (exact) mass is 356 g/mol. The summed E-state index contributed by atoms with van der Waals surface area (Å²) in [6.45, 7) is 4.32. The molecule has 0 aliphatic carbocycles. The highest BCUT2D eigenvalue weighted by molar-refractivity contribution is 9.10. The van der Waals surface area contributed by atoms with Gasteiger partial charge in [-0.05, 0) is 55.1 Å². The van der Waals surface area contributed by atoms with E-state index in [1.54, 1.807) is 0 Å². The Morgan fingerprint density at radius 2 is 1.91 bits per heavy atom. The zero-order chi connectivity index (χ0) is 15.7. The van der Waals surface area contributed by atoms with Crippen LogP contribution in [0.1, 0.15) is 11.3 Å². The molecule has 0 saturated carbocycles. The SMILES string of the molecule is Cc1cc(Br)ccc1NC(=O)Cn1c(C)cc2ccccc21. The molecule has 22 heavy (non-hydrogen) atoms. The molecule has 3 rings (SSSR count). The number of hydrogen-bond donors (Lipinski definition) is 1. The molecule has 0 aliphatic rings. The third-order valence-electron chi connectivity index (χ3n) is 3.78. The Balaban J connectivity index is 1.83. The van der Waals surface area contributed by atoms with Crippen LogP contribution in [-0.2, 0) is 11.3 Å². The van der Waals surface area contributed by atoms with Gasteiger partial charge in [-0.15, -0.1) is 0 Å². The molecule has 1 heterocycles. The Labute approximate surface area is 138 Å². The number of aryl methyl sites for hydroxylation is 2. The molecule has 0 aliphatic heterocycles. The summed E-state index contributed by atoms with van der Waals surface area (Å²) >= 11 is 3.43. The van der Waals surface area contributed by atoms with Crippen LogP contribution in [0.5, 0.6) is 0 Å². The minimum absolute atomic E-state index is 0.0186. The summed E-state index contributed by atoms with van der Waals surface area (Å²) in [4.78, 5) is 12.4. The summed E-state index contributed by atoms with van der Waals surface area (Å²) in [6.07, 6.45) is 0. The second kappa shape index (κ2) is 5.97. The first-order valence-corrected chi connectivity index (χ1v) is 7.95. The number of rotatable bonds is 3. The third kappa shape index (κ3) is 2.92. The van der Waals surface area contributed by atoms with Crippen LogP contribution >= 0.6 is 15.9 Å². The summed E-state index contributed by atoms with van der Waals surface area (Å²) in [6, 6.07) is 16.1. The van der Waals surface area contributed by atoms with Crippen molar-refractivity contribution in [3.8, 4) is 0 Å². The second-order valence-electron chi connectivity index (χ2n) is 5.44. The van der Waals surface area contributed by atoms with Gasteiger partial charge in [0.15, 0.2) is 0 Å². The molecule has 0 unspecified atom stereocenters. The standard InChI is InChI=1S/C18H17BrN2O/c1-12-9-15(19)7-8-16(12)20-18(22)11-21-13(2)10-14-5-3-4-6-17(14)21/h3-10H,11H2,1-2H3,(H,20,22). The number of para-hydroxylation sites is 1. The average Bonchev–Trinajstić information content (AvgIpc) is 2.78. The van der Waals surface area contributed by atoms with Gasteiger partial charge < -0.3 is 9.88 Å². The maximum absolute atomic E-state index is 12.4. The van der Waals surface area contributed by atoms with Crippen molar-refractivity contribution in [3.63, 3.8) is 0 Å². The number of halogens is 1. The van der Waals surface area contributed by atoms with Crippen molar-refractivity contribution in [1.82, 2.24) is 4.57 Å². The van der Waals surface area contributed by atoms with Crippen LogP contribution < -0.4 is 5.32 Å². The minimum Gasteiger partial charge on any atom is -0.335 e. The second-order valence-corrected chi connectivity index (χ2v) is 6.35. The van der Waals surface area contributed by atoms with Gasteiger partial charge in [0.25, 0.3) is 0 Å². The van der Waals surface area contributed by atoms with Crippen molar-refractivity contribution < 1.29 is 4.79 Å². The van der Waals surface area contributed by atoms with Crippen molar-refractivity contribution in [3.05, 3.63) is 64.3 Å². The van der Waals surface area contributed by atoms with Crippen LogP contribution in [0.15, 0.2) is 53.0 Å². The van der Waals surface area contributed by atoms with Gasteiger partial charge >= 0.3 is 0 Å². The van der Waals surface area contributed by atoms with Gasteiger partial charge in [-0.3, -0.25) is 4.79 Å². The van der Waals surface area contributed by atoms with Gasteiger partial charge in [-0.2, -0.15) is 0 Å². The van der Waals surface area contributed by atoms with Gasteiger partial charge in [0.05, 0.1) is 0 Å². The summed E-state index contributed by atoms with van der Waals surface area (Å²) in [5.74, 6) is -0.0186. The number of aromatic nitrogens is 1. The number of anilines is 1. The number of nitrogens with zero attached hydrogens (tertiary/aromatic N) is 1. The first-order chi connectivity index (χ1) is 10.5. The number of carbonyl (C=O) groups is 1. The number of hydrogen-bond acceptors (Lipinski definition) is 1. The zero-order valence-electron chi connectivity index (χ0n) is 12.6. The molecule has 0 atom stereocenters. The van der Waals surface area contributed by atoms with Crippen LogP contribution in [0.3, 0.4) is 0 Å². The number of carbonyl (C=O) groups excluding carboxylic acids is 1. The molecule has 3 aromatic rings. The predicted octanol–water partition coefficient (Wildman–Crippen LogP) is 4.66. The predicted molar refractivity (Wildman–Crippen MR) is 94.2 cm³/mol. The van der Waals surface area contributed by atoms with E-state index in [4.69, 9.17) is 0 Å². The molecule has 0 bridgehead atoms. The highest BCUT2D eigenvalue weighted by atomic mass is 79.9. The normalized spacial score (nSPS) is 10.9. The van der Waals surface area contributed by atoms with Crippen molar-refractivity contribution in [2.45, 2.75) is 20.4 Å². The maximum Gasteiger partial charge on any atom is 0.244 e. The zero-order valence-corrected chi connectivity index (χ0v) is 14.1. The van der Waals surface area contributed by atoms with Crippen LogP contribution in [0.2, 0.25) is 0 Å². The molecule has 1 aromatic heterocycles. The molecule has 3 nitrogen and oxygen atoms in total. The average molecular weight is 357 g/mol.